The molecule has 0 atom stereocenters. The van der Waals surface area contributed by atoms with Gasteiger partial charge in [-0.05, 0) is 37.0 Å². The van der Waals surface area contributed by atoms with Crippen LogP contribution < -0.4 is 5.32 Å². The van der Waals surface area contributed by atoms with Crippen molar-refractivity contribution in [1.29, 1.82) is 0 Å². The summed E-state index contributed by atoms with van der Waals surface area (Å²) in [6, 6.07) is 11.8. The van der Waals surface area contributed by atoms with Gasteiger partial charge >= 0.3 is 0 Å². The number of carbonyl (C=O) groups is 1. The Hall–Kier alpha value is -2.51. The fourth-order valence-electron chi connectivity index (χ4n) is 2.97. The second kappa shape index (κ2) is 8.02. The van der Waals surface area contributed by atoms with Gasteiger partial charge < -0.3 is 5.32 Å². The first-order valence-electron chi connectivity index (χ1n) is 8.79. The van der Waals surface area contributed by atoms with Gasteiger partial charge in [-0.3, -0.25) is 9.48 Å². The van der Waals surface area contributed by atoms with Crippen LogP contribution in [0.3, 0.4) is 0 Å². The minimum Gasteiger partial charge on any atom is -0.346 e. The van der Waals surface area contributed by atoms with Gasteiger partial charge in [0.15, 0.2) is 5.01 Å². The molecule has 1 aliphatic heterocycles. The molecular formula is C19H18ClN5OS. The van der Waals surface area contributed by atoms with Crippen LogP contribution in [0.25, 0.3) is 11.1 Å². The average Bonchev–Trinajstić information content (AvgIpc) is 3.33. The average molecular weight is 400 g/mol. The zero-order chi connectivity index (χ0) is 18.6. The van der Waals surface area contributed by atoms with Crippen molar-refractivity contribution < 1.29 is 4.79 Å². The second-order valence-corrected chi connectivity index (χ2v) is 7.70. The number of amides is 1. The topological polar surface area (TPSA) is 72.7 Å². The highest BCUT2D eigenvalue weighted by Gasteiger charge is 2.16. The summed E-state index contributed by atoms with van der Waals surface area (Å²) in [5.74, 6) is -0.260. The Morgan fingerprint density at radius 3 is 2.85 bits per heavy atom. The van der Waals surface area contributed by atoms with E-state index in [1.54, 1.807) is 6.08 Å². The quantitative estimate of drug-likeness (QED) is 0.709. The first-order valence-corrected chi connectivity index (χ1v) is 9.98. The number of nitrogens with zero attached hydrogens (tertiary/aromatic N) is 4. The van der Waals surface area contributed by atoms with E-state index in [1.165, 1.54) is 23.5 Å². The number of nitrogens with one attached hydrogen (secondary N) is 1. The highest BCUT2D eigenvalue weighted by atomic mass is 35.5. The first kappa shape index (κ1) is 17.9. The van der Waals surface area contributed by atoms with Crippen molar-refractivity contribution in [3.05, 3.63) is 63.4 Å². The maximum absolute atomic E-state index is 12.3. The molecule has 0 saturated heterocycles. The van der Waals surface area contributed by atoms with Crippen LogP contribution in [-0.4, -0.2) is 25.9 Å². The van der Waals surface area contributed by atoms with Crippen LogP contribution in [0.5, 0.6) is 0 Å². The van der Waals surface area contributed by atoms with Crippen LogP contribution in [-0.2, 0) is 19.5 Å². The monoisotopic (exact) mass is 399 g/mol. The molecule has 138 valence electrons. The number of benzene rings is 1. The number of aromatic nitrogens is 4. The van der Waals surface area contributed by atoms with Crippen molar-refractivity contribution >= 4 is 40.0 Å². The molecule has 2 aromatic heterocycles. The minimum atomic E-state index is -0.260. The van der Waals surface area contributed by atoms with Crippen LogP contribution in [0.15, 0.2) is 36.4 Å². The molecule has 0 fully saturated rings. The van der Waals surface area contributed by atoms with Crippen molar-refractivity contribution in [2.45, 2.75) is 32.4 Å². The number of hydrogen-bond acceptors (Lipinski definition) is 5. The summed E-state index contributed by atoms with van der Waals surface area (Å²) in [7, 11) is 0. The summed E-state index contributed by atoms with van der Waals surface area (Å²) in [6.07, 6.45) is 5.17. The molecule has 3 aromatic rings. The van der Waals surface area contributed by atoms with Crippen molar-refractivity contribution in [1.82, 2.24) is 25.3 Å². The highest BCUT2D eigenvalue weighted by Crippen LogP contribution is 2.26. The summed E-state index contributed by atoms with van der Waals surface area (Å²) in [5, 5.41) is 16.6. The van der Waals surface area contributed by atoms with Crippen LogP contribution >= 0.6 is 22.9 Å². The van der Waals surface area contributed by atoms with E-state index in [2.05, 4.69) is 26.7 Å². The van der Waals surface area contributed by atoms with Gasteiger partial charge in [0, 0.05) is 18.8 Å². The molecule has 27 heavy (non-hydrogen) atoms. The molecule has 0 bridgehead atoms. The number of rotatable bonds is 5. The maximum Gasteiger partial charge on any atom is 0.282 e. The Balaban J connectivity index is 1.43. The molecule has 8 heteroatoms. The fraction of sp³-hybridized carbons (Fsp3) is 0.263. The van der Waals surface area contributed by atoms with E-state index in [4.69, 9.17) is 11.6 Å². The van der Waals surface area contributed by atoms with Crippen molar-refractivity contribution in [2.75, 3.05) is 0 Å². The highest BCUT2D eigenvalue weighted by molar-refractivity contribution is 7.15. The minimum absolute atomic E-state index is 0.260. The number of halogens is 1. The van der Waals surface area contributed by atoms with Gasteiger partial charge in [-0.15, -0.1) is 10.2 Å². The Morgan fingerprint density at radius 2 is 2.04 bits per heavy atom. The summed E-state index contributed by atoms with van der Waals surface area (Å²) in [6.45, 7) is 1.39. The van der Waals surface area contributed by atoms with Gasteiger partial charge in [0.25, 0.3) is 5.91 Å². The molecule has 1 N–H and O–H groups in total. The molecular weight excluding hydrogens is 382 g/mol. The standard InChI is InChI=1S/C19H18ClN5OS/c20-16(11-14-10-15-8-4-5-9-25(15)24-14)18-22-23-19(27-18)17(26)21-12-13-6-2-1-3-7-13/h1-3,6-7,10-11H,4-5,8-9,12H2,(H,21,26)/b16-11+. The summed E-state index contributed by atoms with van der Waals surface area (Å²) >= 11 is 7.55. The van der Waals surface area contributed by atoms with Crippen LogP contribution in [0.4, 0.5) is 0 Å². The molecule has 4 rings (SSSR count). The van der Waals surface area contributed by atoms with Crippen molar-refractivity contribution in [2.24, 2.45) is 0 Å². The maximum atomic E-state index is 12.3. The molecule has 0 radical (unpaired) electrons. The summed E-state index contributed by atoms with van der Waals surface area (Å²) in [4.78, 5) is 12.3. The number of fused-ring (bicyclic) bond motifs is 1. The van der Waals surface area contributed by atoms with E-state index in [0.717, 1.165) is 30.6 Å². The smallest absolute Gasteiger partial charge is 0.282 e. The van der Waals surface area contributed by atoms with Crippen molar-refractivity contribution in [3.63, 3.8) is 0 Å². The van der Waals surface area contributed by atoms with E-state index >= 15 is 0 Å². The lowest BCUT2D eigenvalue weighted by molar-refractivity contribution is 0.0950. The van der Waals surface area contributed by atoms with Crippen molar-refractivity contribution in [3.8, 4) is 0 Å². The van der Waals surface area contributed by atoms with Gasteiger partial charge in [0.1, 0.15) is 0 Å². The van der Waals surface area contributed by atoms with E-state index in [-0.39, 0.29) is 10.9 Å². The lowest BCUT2D eigenvalue weighted by Crippen LogP contribution is -2.22. The molecule has 0 unspecified atom stereocenters. The lowest BCUT2D eigenvalue weighted by atomic mass is 10.1. The third-order valence-corrected chi connectivity index (χ3v) is 5.68. The van der Waals surface area contributed by atoms with Gasteiger partial charge in [0.2, 0.25) is 5.01 Å². The fourth-order valence-corrected chi connectivity index (χ4v) is 3.90. The predicted octanol–water partition coefficient (Wildman–Crippen LogP) is 3.74. The van der Waals surface area contributed by atoms with Gasteiger partial charge in [-0.1, -0.05) is 53.3 Å². The third-order valence-electron chi connectivity index (χ3n) is 4.33. The zero-order valence-electron chi connectivity index (χ0n) is 14.6. The van der Waals surface area contributed by atoms with Crippen LogP contribution in [0, 0.1) is 0 Å². The molecule has 0 aliphatic carbocycles. The van der Waals surface area contributed by atoms with Gasteiger partial charge in [-0.25, -0.2) is 0 Å². The predicted molar refractivity (Wildman–Crippen MR) is 106 cm³/mol. The van der Waals surface area contributed by atoms with E-state index in [9.17, 15) is 4.79 Å². The van der Waals surface area contributed by atoms with E-state index in [0.29, 0.717) is 16.6 Å². The summed E-state index contributed by atoms with van der Waals surface area (Å²) < 4.78 is 2.03. The Morgan fingerprint density at radius 1 is 1.22 bits per heavy atom. The largest absolute Gasteiger partial charge is 0.346 e. The van der Waals surface area contributed by atoms with Crippen LogP contribution in [0.2, 0.25) is 0 Å². The van der Waals surface area contributed by atoms with Gasteiger partial charge in [-0.2, -0.15) is 5.10 Å². The molecule has 0 spiro atoms. The molecule has 6 nitrogen and oxygen atoms in total. The Bertz CT molecular complexity index is 956. The van der Waals surface area contributed by atoms with E-state index < -0.39 is 0 Å². The molecule has 1 aliphatic rings. The second-order valence-electron chi connectivity index (χ2n) is 6.31. The van der Waals surface area contributed by atoms with Crippen LogP contribution in [0.1, 0.15) is 44.6 Å². The normalized spacial score (nSPS) is 14.0. The van der Waals surface area contributed by atoms with Gasteiger partial charge in [0.05, 0.1) is 10.7 Å². The third kappa shape index (κ3) is 4.26. The molecule has 1 amide bonds. The Kier molecular flexibility index (Phi) is 5.31. The molecule has 1 aromatic carbocycles. The molecule has 3 heterocycles. The SMILES string of the molecule is O=C(NCc1ccccc1)c1nnc(/C(Cl)=C\c2cc3n(n2)CCCC3)s1. The lowest BCUT2D eigenvalue weighted by Gasteiger charge is -2.11. The Labute approximate surface area is 165 Å². The number of carbonyl (C=O) groups excluding carboxylic acids is 1. The number of hydrogen-bond donors (Lipinski definition) is 1. The first-order chi connectivity index (χ1) is 13.2. The summed E-state index contributed by atoms with van der Waals surface area (Å²) in [5.41, 5.74) is 3.06. The zero-order valence-corrected chi connectivity index (χ0v) is 16.1. The van der Waals surface area contributed by atoms with E-state index in [1.807, 2.05) is 35.0 Å². The number of aryl methyl sites for hydroxylation is 2. The molecule has 0 saturated carbocycles.